The van der Waals surface area contributed by atoms with Gasteiger partial charge < -0.3 is 29.5 Å². The lowest BCUT2D eigenvalue weighted by Crippen LogP contribution is -2.51. The van der Waals surface area contributed by atoms with E-state index >= 15 is 0 Å². The van der Waals surface area contributed by atoms with Gasteiger partial charge in [-0.3, -0.25) is 9.59 Å². The molecule has 1 aliphatic carbocycles. The van der Waals surface area contributed by atoms with E-state index < -0.39 is 11.5 Å². The first-order chi connectivity index (χ1) is 24.6. The predicted molar refractivity (Wildman–Crippen MR) is 201 cm³/mol. The van der Waals surface area contributed by atoms with E-state index in [-0.39, 0.29) is 35.8 Å². The zero-order valence-electron chi connectivity index (χ0n) is 30.9. The average Bonchev–Trinajstić information content (AvgIpc) is 3.91. The highest BCUT2D eigenvalue weighted by Crippen LogP contribution is 2.42. The summed E-state index contributed by atoms with van der Waals surface area (Å²) in [5.41, 5.74) is 5.69. The summed E-state index contributed by atoms with van der Waals surface area (Å²) >= 11 is 0. The van der Waals surface area contributed by atoms with Crippen LogP contribution in [0.25, 0.3) is 11.1 Å². The molecule has 2 aliphatic heterocycles. The maximum Gasteiger partial charge on any atom is 0.410 e. The number of ether oxygens (including phenoxy) is 2. The van der Waals surface area contributed by atoms with Crippen molar-refractivity contribution in [2.24, 2.45) is 5.92 Å². The molecule has 2 fully saturated rings. The maximum absolute atomic E-state index is 15.0. The molecule has 1 N–H and O–H groups in total. The Balaban J connectivity index is 1.27. The summed E-state index contributed by atoms with van der Waals surface area (Å²) in [7, 11) is 1.74. The minimum atomic E-state index is -0.625. The Labute approximate surface area is 303 Å². The first-order valence-corrected chi connectivity index (χ1v) is 18.7. The molecule has 0 spiro atoms. The van der Waals surface area contributed by atoms with E-state index in [0.717, 1.165) is 55.6 Å². The molecule has 0 aromatic heterocycles. The number of carbonyl (C=O) groups excluding carboxylic acids is 3. The Morgan fingerprint density at radius 1 is 0.922 bits per heavy atom. The largest absolute Gasteiger partial charge is 0.444 e. The third kappa shape index (κ3) is 8.75. The van der Waals surface area contributed by atoms with Crippen LogP contribution in [0, 0.1) is 5.92 Å². The summed E-state index contributed by atoms with van der Waals surface area (Å²) in [6.45, 7) is 12.1. The summed E-state index contributed by atoms with van der Waals surface area (Å²) in [4.78, 5) is 47.1. The van der Waals surface area contributed by atoms with Crippen LogP contribution in [0.3, 0.4) is 0 Å². The minimum absolute atomic E-state index is 0.0617. The molecule has 272 valence electrons. The second kappa shape index (κ2) is 15.9. The third-order valence-electron chi connectivity index (χ3n) is 10.3. The lowest BCUT2D eigenvalue weighted by atomic mass is 9.78. The fourth-order valence-corrected chi connectivity index (χ4v) is 7.73. The van der Waals surface area contributed by atoms with Crippen LogP contribution in [0.2, 0.25) is 0 Å². The van der Waals surface area contributed by atoms with Gasteiger partial charge in [0.2, 0.25) is 5.91 Å². The number of para-hydroxylation sites is 1. The number of fused-ring (bicyclic) bond motifs is 1. The van der Waals surface area contributed by atoms with Gasteiger partial charge in [0.1, 0.15) is 5.60 Å². The number of rotatable bonds is 12. The lowest BCUT2D eigenvalue weighted by molar-refractivity contribution is -0.138. The van der Waals surface area contributed by atoms with Crippen molar-refractivity contribution >= 4 is 23.6 Å². The SMILES string of the molecule is CCNC(=O)c1ccc(-c2cccc([C@H]3CCN(C(=O)OC(C)(C)C)C[C@@H]3C(=O)N(CC3CN(CCCOC)c4ccccc43)C3CC3)c2)cc1. The normalized spacial score (nSPS) is 20.1. The van der Waals surface area contributed by atoms with E-state index in [1.807, 2.05) is 52.0 Å². The zero-order chi connectivity index (χ0) is 36.1. The number of anilines is 1. The predicted octanol–water partition coefficient (Wildman–Crippen LogP) is 7.08. The summed E-state index contributed by atoms with van der Waals surface area (Å²) in [6.07, 6.45) is 3.26. The summed E-state index contributed by atoms with van der Waals surface area (Å²) in [6, 6.07) is 24.9. The topological polar surface area (TPSA) is 91.4 Å². The van der Waals surface area contributed by atoms with Crippen LogP contribution in [-0.4, -0.2) is 92.3 Å². The van der Waals surface area contributed by atoms with Crippen molar-refractivity contribution < 1.29 is 23.9 Å². The van der Waals surface area contributed by atoms with E-state index in [4.69, 9.17) is 9.47 Å². The van der Waals surface area contributed by atoms with Gasteiger partial charge in [0.25, 0.3) is 5.91 Å². The summed E-state index contributed by atoms with van der Waals surface area (Å²) in [5, 5.41) is 2.85. The van der Waals surface area contributed by atoms with Crippen LogP contribution >= 0.6 is 0 Å². The van der Waals surface area contributed by atoms with Crippen molar-refractivity contribution in [3.05, 3.63) is 89.5 Å². The van der Waals surface area contributed by atoms with Crippen molar-refractivity contribution in [2.75, 3.05) is 57.9 Å². The van der Waals surface area contributed by atoms with Gasteiger partial charge in [-0.25, -0.2) is 4.79 Å². The van der Waals surface area contributed by atoms with Crippen LogP contribution in [-0.2, 0) is 14.3 Å². The highest BCUT2D eigenvalue weighted by atomic mass is 16.6. The van der Waals surface area contributed by atoms with Crippen LogP contribution in [0.15, 0.2) is 72.8 Å². The number of amides is 3. The molecule has 6 rings (SSSR count). The van der Waals surface area contributed by atoms with Gasteiger partial charge in [-0.1, -0.05) is 54.6 Å². The van der Waals surface area contributed by atoms with Crippen molar-refractivity contribution in [3.8, 4) is 11.1 Å². The number of carbonyl (C=O) groups is 3. The summed E-state index contributed by atoms with van der Waals surface area (Å²) < 4.78 is 11.1. The van der Waals surface area contributed by atoms with Gasteiger partial charge in [0, 0.05) is 76.2 Å². The standard InChI is InChI=1S/C42H54N4O5/c1-6-43-39(47)30-17-15-29(16-18-30)31-11-9-12-32(25-31)35-21-23-45(41(49)51-42(2,3)4)28-37(35)40(48)46(34-19-20-34)27-33-26-44(22-10-24-50-5)38-14-8-7-13-36(33)38/h7-9,11-18,25,33-35,37H,6,10,19-24,26-28H2,1-5H3,(H,43,47)/t33?,35-,37+/m1/s1. The molecular formula is C42H54N4O5. The van der Waals surface area contributed by atoms with Crippen LogP contribution in [0.5, 0.6) is 0 Å². The first-order valence-electron chi connectivity index (χ1n) is 18.7. The molecule has 3 atom stereocenters. The van der Waals surface area contributed by atoms with E-state index in [1.54, 1.807) is 12.0 Å². The Morgan fingerprint density at radius 3 is 2.39 bits per heavy atom. The number of methoxy groups -OCH3 is 1. The molecule has 3 aliphatic rings. The smallest absolute Gasteiger partial charge is 0.410 e. The second-order valence-electron chi connectivity index (χ2n) is 15.3. The van der Waals surface area contributed by atoms with Crippen LogP contribution < -0.4 is 10.2 Å². The molecule has 1 saturated carbocycles. The highest BCUT2D eigenvalue weighted by molar-refractivity contribution is 5.94. The molecule has 3 aromatic rings. The first kappa shape index (κ1) is 36.4. The Hall–Kier alpha value is -4.37. The second-order valence-corrected chi connectivity index (χ2v) is 15.3. The van der Waals surface area contributed by atoms with Crippen molar-refractivity contribution in [3.63, 3.8) is 0 Å². The Kier molecular flexibility index (Phi) is 11.3. The van der Waals surface area contributed by atoms with Gasteiger partial charge in [0.05, 0.1) is 5.92 Å². The highest BCUT2D eigenvalue weighted by Gasteiger charge is 2.44. The van der Waals surface area contributed by atoms with E-state index in [9.17, 15) is 14.4 Å². The minimum Gasteiger partial charge on any atom is -0.444 e. The van der Waals surface area contributed by atoms with Gasteiger partial charge in [-0.15, -0.1) is 0 Å². The number of nitrogens with one attached hydrogen (secondary N) is 1. The molecule has 3 amide bonds. The van der Waals surface area contributed by atoms with Crippen LogP contribution in [0.1, 0.15) is 86.7 Å². The number of hydrogen-bond acceptors (Lipinski definition) is 6. The number of likely N-dealkylation sites (tertiary alicyclic amines) is 1. The summed E-state index contributed by atoms with van der Waals surface area (Å²) in [5.74, 6) is -0.216. The molecule has 2 heterocycles. The number of nitrogens with zero attached hydrogens (tertiary/aromatic N) is 3. The molecule has 9 nitrogen and oxygen atoms in total. The molecule has 0 radical (unpaired) electrons. The van der Waals surface area contributed by atoms with E-state index in [2.05, 4.69) is 63.6 Å². The molecule has 51 heavy (non-hydrogen) atoms. The number of hydrogen-bond donors (Lipinski definition) is 1. The van der Waals surface area contributed by atoms with Crippen molar-refractivity contribution in [1.82, 2.24) is 15.1 Å². The fourth-order valence-electron chi connectivity index (χ4n) is 7.73. The molecule has 9 heteroatoms. The molecular weight excluding hydrogens is 640 g/mol. The molecule has 1 unspecified atom stereocenters. The average molecular weight is 695 g/mol. The quantitative estimate of drug-likeness (QED) is 0.204. The van der Waals surface area contributed by atoms with Crippen molar-refractivity contribution in [2.45, 2.75) is 76.9 Å². The van der Waals surface area contributed by atoms with Gasteiger partial charge in [0.15, 0.2) is 0 Å². The number of piperidine rings is 1. The fraction of sp³-hybridized carbons (Fsp3) is 0.500. The van der Waals surface area contributed by atoms with Gasteiger partial charge >= 0.3 is 6.09 Å². The molecule has 3 aromatic carbocycles. The third-order valence-corrected chi connectivity index (χ3v) is 10.3. The van der Waals surface area contributed by atoms with Gasteiger partial charge in [-0.2, -0.15) is 0 Å². The van der Waals surface area contributed by atoms with E-state index in [1.165, 1.54) is 11.3 Å². The Morgan fingerprint density at radius 2 is 1.69 bits per heavy atom. The number of benzene rings is 3. The van der Waals surface area contributed by atoms with Crippen molar-refractivity contribution in [1.29, 1.82) is 0 Å². The van der Waals surface area contributed by atoms with Gasteiger partial charge in [-0.05, 0) is 99.7 Å². The monoisotopic (exact) mass is 694 g/mol. The molecule has 0 bridgehead atoms. The zero-order valence-corrected chi connectivity index (χ0v) is 30.9. The maximum atomic E-state index is 15.0. The molecule has 1 saturated heterocycles. The van der Waals surface area contributed by atoms with Crippen LogP contribution in [0.4, 0.5) is 10.5 Å². The van der Waals surface area contributed by atoms with E-state index in [0.29, 0.717) is 38.2 Å². The lowest BCUT2D eigenvalue weighted by Gasteiger charge is -2.41. The Bertz CT molecular complexity index is 1680.